The fraction of sp³-hybridized carbons (Fsp3) is 0.111. The van der Waals surface area contributed by atoms with Crippen molar-refractivity contribution in [3.8, 4) is 11.4 Å². The molecule has 3 rings (SSSR count). The lowest BCUT2D eigenvalue weighted by molar-refractivity contribution is -0.255. The molecule has 0 radical (unpaired) electrons. The van der Waals surface area contributed by atoms with Gasteiger partial charge in [-0.15, -0.1) is 0 Å². The number of benzene rings is 2. The summed E-state index contributed by atoms with van der Waals surface area (Å²) in [5.41, 5.74) is -3.08. The molecule has 0 spiro atoms. The fourth-order valence-electron chi connectivity index (χ4n) is 2.65. The minimum absolute atomic E-state index is 0.121. The highest BCUT2D eigenvalue weighted by Crippen LogP contribution is 2.27. The van der Waals surface area contributed by atoms with Crippen molar-refractivity contribution in [2.24, 2.45) is 0 Å². The van der Waals surface area contributed by atoms with Gasteiger partial charge < -0.3 is 19.2 Å². The van der Waals surface area contributed by atoms with Crippen LogP contribution in [0.5, 0.6) is 5.75 Å². The van der Waals surface area contributed by atoms with Gasteiger partial charge in [-0.25, -0.2) is 17.6 Å². The van der Waals surface area contributed by atoms with Crippen molar-refractivity contribution in [3.05, 3.63) is 69.5 Å². The molecule has 0 aliphatic carbocycles. The molecule has 0 unspecified atom stereocenters. The number of aromatic carboxylic acids is 1. The molecule has 0 fully saturated rings. The van der Waals surface area contributed by atoms with E-state index >= 15 is 0 Å². The Kier molecular flexibility index (Phi) is 4.61. The number of halogens is 4. The topological polar surface area (TPSA) is 71.4 Å². The summed E-state index contributed by atoms with van der Waals surface area (Å²) in [6, 6.07) is 3.67. The van der Waals surface area contributed by atoms with Crippen molar-refractivity contribution in [1.29, 1.82) is 0 Å². The monoisotopic (exact) mass is 380 g/mol. The molecule has 0 amide bonds. The van der Waals surface area contributed by atoms with Gasteiger partial charge >= 0.3 is 0 Å². The number of fused-ring (bicyclic) bond motifs is 1. The molecular formula is C18H10F4NO4-. The molecule has 0 N–H and O–H groups in total. The van der Waals surface area contributed by atoms with Crippen molar-refractivity contribution in [2.75, 3.05) is 6.61 Å². The van der Waals surface area contributed by atoms with Gasteiger partial charge in [0.2, 0.25) is 0 Å². The van der Waals surface area contributed by atoms with E-state index in [4.69, 9.17) is 4.74 Å². The summed E-state index contributed by atoms with van der Waals surface area (Å²) in [6.07, 6.45) is 0.662. The van der Waals surface area contributed by atoms with Crippen LogP contribution in [0.4, 0.5) is 17.6 Å². The number of nitrogens with zero attached hydrogens (tertiary/aromatic N) is 1. The number of hydrogen-bond acceptors (Lipinski definition) is 4. The van der Waals surface area contributed by atoms with Crippen LogP contribution in [-0.4, -0.2) is 17.1 Å². The first kappa shape index (κ1) is 18.4. The summed E-state index contributed by atoms with van der Waals surface area (Å²) in [6.45, 7) is 1.80. The van der Waals surface area contributed by atoms with E-state index in [0.717, 1.165) is 10.6 Å². The number of carboxylic acid groups (broad SMARTS) is 1. The van der Waals surface area contributed by atoms with E-state index in [1.807, 2.05) is 0 Å². The van der Waals surface area contributed by atoms with E-state index < -0.39 is 51.1 Å². The van der Waals surface area contributed by atoms with Gasteiger partial charge in [0.15, 0.2) is 34.4 Å². The predicted molar refractivity (Wildman–Crippen MR) is 84.9 cm³/mol. The van der Waals surface area contributed by atoms with Crippen LogP contribution in [0, 0.1) is 23.3 Å². The van der Waals surface area contributed by atoms with Gasteiger partial charge in [0.25, 0.3) is 0 Å². The molecule has 0 aliphatic rings. The molecule has 140 valence electrons. The molecule has 0 aliphatic heterocycles. The number of carbonyl (C=O) groups excluding carboxylic acids is 1. The van der Waals surface area contributed by atoms with E-state index in [2.05, 4.69) is 0 Å². The van der Waals surface area contributed by atoms with Gasteiger partial charge in [-0.3, -0.25) is 4.79 Å². The number of carboxylic acids is 1. The highest BCUT2D eigenvalue weighted by atomic mass is 19.2. The number of rotatable bonds is 4. The van der Waals surface area contributed by atoms with Crippen LogP contribution in [0.2, 0.25) is 0 Å². The lowest BCUT2D eigenvalue weighted by Gasteiger charge is -2.16. The zero-order valence-electron chi connectivity index (χ0n) is 13.7. The van der Waals surface area contributed by atoms with Crippen molar-refractivity contribution in [2.45, 2.75) is 6.92 Å². The average Bonchev–Trinajstić information content (AvgIpc) is 2.62. The molecule has 3 aromatic rings. The van der Waals surface area contributed by atoms with E-state index in [9.17, 15) is 32.3 Å². The smallest absolute Gasteiger partial charge is 0.198 e. The van der Waals surface area contributed by atoms with Crippen LogP contribution in [-0.2, 0) is 0 Å². The van der Waals surface area contributed by atoms with Gasteiger partial charge in [-0.05, 0) is 25.1 Å². The number of pyridine rings is 1. The summed E-state index contributed by atoms with van der Waals surface area (Å²) in [5.74, 6) is -8.14. The molecule has 1 heterocycles. The quantitative estimate of drug-likeness (QED) is 0.515. The lowest BCUT2D eigenvalue weighted by Crippen LogP contribution is -2.30. The Balaban J connectivity index is 2.43. The maximum absolute atomic E-state index is 14.4. The van der Waals surface area contributed by atoms with E-state index in [0.29, 0.717) is 12.3 Å². The summed E-state index contributed by atoms with van der Waals surface area (Å²) >= 11 is 0. The van der Waals surface area contributed by atoms with Crippen molar-refractivity contribution >= 4 is 16.9 Å². The second-order valence-electron chi connectivity index (χ2n) is 5.46. The van der Waals surface area contributed by atoms with E-state index in [1.54, 1.807) is 6.92 Å². The molecule has 0 bridgehead atoms. The second kappa shape index (κ2) is 6.75. The first-order valence-corrected chi connectivity index (χ1v) is 7.63. The first-order valence-electron chi connectivity index (χ1n) is 7.63. The Labute approximate surface area is 149 Å². The highest BCUT2D eigenvalue weighted by molar-refractivity contribution is 5.92. The van der Waals surface area contributed by atoms with Gasteiger partial charge in [0.1, 0.15) is 0 Å². The molecule has 1 aromatic heterocycles. The SMILES string of the molecule is CCOc1ccc(-n2cc(C(=O)[O-])c(=O)c3cc(F)c(F)c(F)c32)cc1F. The summed E-state index contributed by atoms with van der Waals surface area (Å²) in [7, 11) is 0. The molecule has 0 atom stereocenters. The Morgan fingerprint density at radius 3 is 2.41 bits per heavy atom. The van der Waals surface area contributed by atoms with E-state index in [1.165, 1.54) is 12.1 Å². The molecule has 2 aromatic carbocycles. The van der Waals surface area contributed by atoms with Gasteiger partial charge in [-0.2, -0.15) is 0 Å². The standard InChI is InChI=1S/C18H11F4NO4/c1-2-27-13-4-3-8(5-11(13)19)23-7-10(18(25)26)17(24)9-6-12(20)14(21)15(22)16(9)23/h3-7H,2H2,1H3,(H,25,26)/p-1. The van der Waals surface area contributed by atoms with Crippen LogP contribution in [0.15, 0.2) is 35.3 Å². The van der Waals surface area contributed by atoms with Crippen LogP contribution in [0.1, 0.15) is 17.3 Å². The number of carbonyl (C=O) groups is 1. The molecule has 9 heteroatoms. The highest BCUT2D eigenvalue weighted by Gasteiger charge is 2.21. The molecule has 27 heavy (non-hydrogen) atoms. The van der Waals surface area contributed by atoms with Crippen molar-refractivity contribution < 1.29 is 32.2 Å². The Hall–Kier alpha value is -3.36. The largest absolute Gasteiger partial charge is 0.545 e. The zero-order chi connectivity index (χ0) is 19.9. The zero-order valence-corrected chi connectivity index (χ0v) is 13.7. The van der Waals surface area contributed by atoms with Crippen molar-refractivity contribution in [1.82, 2.24) is 4.57 Å². The minimum Gasteiger partial charge on any atom is -0.545 e. The van der Waals surface area contributed by atoms with Gasteiger partial charge in [0.05, 0.1) is 29.0 Å². The third-order valence-electron chi connectivity index (χ3n) is 3.84. The van der Waals surface area contributed by atoms with Crippen LogP contribution in [0.3, 0.4) is 0 Å². The Bertz CT molecular complexity index is 1140. The molecule has 0 saturated heterocycles. The fourth-order valence-corrected chi connectivity index (χ4v) is 2.65. The summed E-state index contributed by atoms with van der Waals surface area (Å²) in [4.78, 5) is 23.4. The second-order valence-corrected chi connectivity index (χ2v) is 5.46. The first-order chi connectivity index (χ1) is 12.8. The number of ether oxygens (including phenoxy) is 1. The normalized spacial score (nSPS) is 11.0. The van der Waals surface area contributed by atoms with Gasteiger partial charge in [0, 0.05) is 18.0 Å². The van der Waals surface area contributed by atoms with Crippen molar-refractivity contribution in [3.63, 3.8) is 0 Å². The Morgan fingerprint density at radius 2 is 1.81 bits per heavy atom. The third kappa shape index (κ3) is 3.01. The molecular weight excluding hydrogens is 370 g/mol. The Morgan fingerprint density at radius 1 is 1.11 bits per heavy atom. The lowest BCUT2D eigenvalue weighted by atomic mass is 10.1. The molecule has 5 nitrogen and oxygen atoms in total. The summed E-state index contributed by atoms with van der Waals surface area (Å²) < 4.78 is 61.5. The van der Waals surface area contributed by atoms with Crippen LogP contribution < -0.4 is 15.3 Å². The number of aromatic nitrogens is 1. The van der Waals surface area contributed by atoms with Crippen LogP contribution >= 0.6 is 0 Å². The number of hydrogen-bond donors (Lipinski definition) is 0. The van der Waals surface area contributed by atoms with Gasteiger partial charge in [-0.1, -0.05) is 0 Å². The maximum atomic E-state index is 14.4. The van der Waals surface area contributed by atoms with E-state index in [-0.39, 0.29) is 18.0 Å². The summed E-state index contributed by atoms with van der Waals surface area (Å²) in [5, 5.41) is 10.5. The predicted octanol–water partition coefficient (Wildman–Crippen LogP) is 2.31. The van der Waals surface area contributed by atoms with Crippen LogP contribution in [0.25, 0.3) is 16.6 Å². The average molecular weight is 380 g/mol. The third-order valence-corrected chi connectivity index (χ3v) is 3.84. The minimum atomic E-state index is -1.91. The molecule has 0 saturated carbocycles. The maximum Gasteiger partial charge on any atom is 0.198 e.